The molecule has 1 amide bonds. The Bertz CT molecular complexity index is 1280. The Labute approximate surface area is 174 Å². The van der Waals surface area contributed by atoms with Crippen molar-refractivity contribution in [2.24, 2.45) is 0 Å². The first-order valence-corrected chi connectivity index (χ1v) is 9.91. The van der Waals surface area contributed by atoms with Gasteiger partial charge in [0, 0.05) is 33.4 Å². The van der Waals surface area contributed by atoms with Crippen LogP contribution in [-0.2, 0) is 0 Å². The number of anilines is 1. The van der Waals surface area contributed by atoms with Crippen molar-refractivity contribution in [2.45, 2.75) is 6.92 Å². The summed E-state index contributed by atoms with van der Waals surface area (Å²) in [4.78, 5) is 30.0. The van der Waals surface area contributed by atoms with Crippen molar-refractivity contribution in [2.75, 3.05) is 5.32 Å². The van der Waals surface area contributed by atoms with E-state index in [1.165, 1.54) is 23.5 Å². The zero-order valence-corrected chi connectivity index (χ0v) is 16.9. The summed E-state index contributed by atoms with van der Waals surface area (Å²) in [6, 6.07) is 13.5. The van der Waals surface area contributed by atoms with Gasteiger partial charge >= 0.3 is 0 Å². The molecule has 4 aromatic rings. The van der Waals surface area contributed by atoms with Crippen molar-refractivity contribution in [3.63, 3.8) is 0 Å². The maximum atomic E-state index is 12.5. The Morgan fingerprint density at radius 2 is 1.96 bits per heavy atom. The summed E-state index contributed by atoms with van der Waals surface area (Å²) < 4.78 is 1.56. The molecular weight excluding hydrogens is 417 g/mol. The summed E-state index contributed by atoms with van der Waals surface area (Å²) in [5.74, 6) is -0.344. The Hall–Kier alpha value is -2.67. The van der Waals surface area contributed by atoms with Gasteiger partial charge in [0.05, 0.1) is 16.3 Å². The van der Waals surface area contributed by atoms with Gasteiger partial charge in [-0.25, -0.2) is 4.98 Å². The van der Waals surface area contributed by atoms with Gasteiger partial charge in [0.25, 0.3) is 11.5 Å². The van der Waals surface area contributed by atoms with Gasteiger partial charge < -0.3 is 5.32 Å². The third kappa shape index (κ3) is 3.54. The molecule has 0 fully saturated rings. The third-order valence-electron chi connectivity index (χ3n) is 4.12. The maximum Gasteiger partial charge on any atom is 0.259 e. The number of halogens is 2. The normalized spacial score (nSPS) is 11.0. The van der Waals surface area contributed by atoms with Crippen molar-refractivity contribution >= 4 is 51.1 Å². The quantitative estimate of drug-likeness (QED) is 0.480. The van der Waals surface area contributed by atoms with Crippen LogP contribution in [0, 0.1) is 6.92 Å². The van der Waals surface area contributed by atoms with Crippen LogP contribution in [0.3, 0.4) is 0 Å². The second-order valence-corrected chi connectivity index (χ2v) is 7.81. The summed E-state index contributed by atoms with van der Waals surface area (Å²) in [7, 11) is 0. The van der Waals surface area contributed by atoms with E-state index in [0.29, 0.717) is 26.9 Å². The SMILES string of the molecule is Cc1cc(=O)n2c(-c3cccc(NC(=O)c4ccc(Cl)cc4Cl)c3)csc2n1. The van der Waals surface area contributed by atoms with Gasteiger partial charge in [-0.2, -0.15) is 0 Å². The van der Waals surface area contributed by atoms with E-state index in [0.717, 1.165) is 11.3 Å². The fourth-order valence-corrected chi connectivity index (χ4v) is 4.30. The number of fused-ring (bicyclic) bond motifs is 1. The van der Waals surface area contributed by atoms with Crippen LogP contribution in [0.1, 0.15) is 16.1 Å². The summed E-state index contributed by atoms with van der Waals surface area (Å²) in [6.45, 7) is 1.79. The molecule has 8 heteroatoms. The Morgan fingerprint density at radius 1 is 1.14 bits per heavy atom. The van der Waals surface area contributed by atoms with Crippen molar-refractivity contribution in [1.82, 2.24) is 9.38 Å². The lowest BCUT2D eigenvalue weighted by molar-refractivity contribution is 0.102. The largest absolute Gasteiger partial charge is 0.322 e. The number of amides is 1. The number of aryl methyl sites for hydroxylation is 1. The van der Waals surface area contributed by atoms with Gasteiger partial charge in [-0.15, -0.1) is 11.3 Å². The molecule has 0 atom stereocenters. The highest BCUT2D eigenvalue weighted by Gasteiger charge is 2.13. The van der Waals surface area contributed by atoms with Gasteiger partial charge in [0.2, 0.25) is 0 Å². The maximum absolute atomic E-state index is 12.5. The molecule has 5 nitrogen and oxygen atoms in total. The highest BCUT2D eigenvalue weighted by molar-refractivity contribution is 7.15. The first-order valence-electron chi connectivity index (χ1n) is 8.27. The van der Waals surface area contributed by atoms with Crippen LogP contribution in [0.15, 0.2) is 58.7 Å². The van der Waals surface area contributed by atoms with Crippen LogP contribution in [0.4, 0.5) is 5.69 Å². The number of thiazole rings is 1. The van der Waals surface area contributed by atoms with E-state index < -0.39 is 0 Å². The lowest BCUT2D eigenvalue weighted by Crippen LogP contribution is -2.14. The van der Waals surface area contributed by atoms with Crippen LogP contribution in [0.25, 0.3) is 16.2 Å². The first-order chi connectivity index (χ1) is 13.4. The number of hydrogen-bond donors (Lipinski definition) is 1. The Kier molecular flexibility index (Phi) is 4.93. The van der Waals surface area contributed by atoms with Gasteiger partial charge in [0.1, 0.15) is 0 Å². The number of carbonyl (C=O) groups excluding carboxylic acids is 1. The molecule has 0 spiro atoms. The molecule has 4 rings (SSSR count). The van der Waals surface area contributed by atoms with E-state index in [9.17, 15) is 9.59 Å². The van der Waals surface area contributed by atoms with Gasteiger partial charge in [0.15, 0.2) is 4.96 Å². The number of carbonyl (C=O) groups is 1. The van der Waals surface area contributed by atoms with E-state index in [1.807, 2.05) is 17.5 Å². The van der Waals surface area contributed by atoms with Crippen LogP contribution in [0.5, 0.6) is 0 Å². The molecular formula is C20H13Cl2N3O2S. The van der Waals surface area contributed by atoms with E-state index in [1.54, 1.807) is 35.6 Å². The zero-order valence-electron chi connectivity index (χ0n) is 14.6. The predicted molar refractivity (Wildman–Crippen MR) is 114 cm³/mol. The van der Waals surface area contributed by atoms with Gasteiger partial charge in [-0.05, 0) is 37.3 Å². The third-order valence-corrected chi connectivity index (χ3v) is 5.50. The van der Waals surface area contributed by atoms with E-state index in [4.69, 9.17) is 23.2 Å². The van der Waals surface area contributed by atoms with Crippen LogP contribution in [0.2, 0.25) is 10.0 Å². The van der Waals surface area contributed by atoms with Crippen molar-refractivity contribution in [3.8, 4) is 11.3 Å². The summed E-state index contributed by atoms with van der Waals surface area (Å²) in [5.41, 5.74) is 2.96. The van der Waals surface area contributed by atoms with Crippen LogP contribution in [-0.4, -0.2) is 15.3 Å². The summed E-state index contributed by atoms with van der Waals surface area (Å²) >= 11 is 13.4. The minimum absolute atomic E-state index is 0.138. The standard InChI is InChI=1S/C20H13Cl2N3O2S/c1-11-7-18(26)25-17(10-28-20(25)23-11)12-3-2-4-14(8-12)24-19(27)15-6-5-13(21)9-16(15)22/h2-10H,1H3,(H,24,27). The van der Waals surface area contributed by atoms with Crippen molar-refractivity contribution in [3.05, 3.63) is 85.6 Å². The monoisotopic (exact) mass is 429 g/mol. The number of aromatic nitrogens is 2. The molecule has 0 bridgehead atoms. The molecule has 0 aliphatic rings. The molecule has 140 valence electrons. The number of hydrogen-bond acceptors (Lipinski definition) is 4. The molecule has 2 aromatic carbocycles. The number of nitrogens with zero attached hydrogens (tertiary/aromatic N) is 2. The molecule has 2 aromatic heterocycles. The second-order valence-electron chi connectivity index (χ2n) is 6.13. The molecule has 0 saturated heterocycles. The molecule has 0 aliphatic heterocycles. The molecule has 2 heterocycles. The fraction of sp³-hybridized carbons (Fsp3) is 0.0500. The number of nitrogens with one attached hydrogen (secondary N) is 1. The minimum atomic E-state index is -0.344. The van der Waals surface area contributed by atoms with E-state index in [-0.39, 0.29) is 16.5 Å². The zero-order chi connectivity index (χ0) is 19.8. The van der Waals surface area contributed by atoms with Gasteiger partial charge in [-0.3, -0.25) is 14.0 Å². The van der Waals surface area contributed by atoms with Crippen LogP contribution < -0.4 is 10.9 Å². The molecule has 0 aliphatic carbocycles. The molecule has 0 unspecified atom stereocenters. The molecule has 0 saturated carbocycles. The smallest absolute Gasteiger partial charge is 0.259 e. The lowest BCUT2D eigenvalue weighted by atomic mass is 10.1. The highest BCUT2D eigenvalue weighted by atomic mass is 35.5. The molecule has 1 N–H and O–H groups in total. The first kappa shape index (κ1) is 18.7. The highest BCUT2D eigenvalue weighted by Crippen LogP contribution is 2.27. The number of rotatable bonds is 3. The lowest BCUT2D eigenvalue weighted by Gasteiger charge is -2.09. The van der Waals surface area contributed by atoms with E-state index in [2.05, 4.69) is 10.3 Å². The fourth-order valence-electron chi connectivity index (χ4n) is 2.86. The Morgan fingerprint density at radius 3 is 2.75 bits per heavy atom. The Balaban J connectivity index is 1.69. The average Bonchev–Trinajstić information content (AvgIpc) is 3.06. The van der Waals surface area contributed by atoms with Crippen molar-refractivity contribution in [1.29, 1.82) is 0 Å². The van der Waals surface area contributed by atoms with Crippen molar-refractivity contribution < 1.29 is 4.79 Å². The predicted octanol–water partition coefficient (Wildman–Crippen LogP) is 5.29. The second kappa shape index (κ2) is 7.39. The van der Waals surface area contributed by atoms with Crippen LogP contribution >= 0.6 is 34.5 Å². The number of benzene rings is 2. The molecule has 0 radical (unpaired) electrons. The molecule has 28 heavy (non-hydrogen) atoms. The summed E-state index contributed by atoms with van der Waals surface area (Å²) in [5, 5.41) is 5.44. The van der Waals surface area contributed by atoms with Gasteiger partial charge in [-0.1, -0.05) is 35.3 Å². The minimum Gasteiger partial charge on any atom is -0.322 e. The summed E-state index contributed by atoms with van der Waals surface area (Å²) in [6.07, 6.45) is 0. The van der Waals surface area contributed by atoms with E-state index >= 15 is 0 Å². The average molecular weight is 430 g/mol. The topological polar surface area (TPSA) is 63.5 Å².